The van der Waals surface area contributed by atoms with Crippen molar-refractivity contribution in [2.75, 3.05) is 53.9 Å². The van der Waals surface area contributed by atoms with Gasteiger partial charge in [-0.3, -0.25) is 9.52 Å². The van der Waals surface area contributed by atoms with Crippen LogP contribution in [0.25, 0.3) is 10.9 Å². The first-order valence-electron chi connectivity index (χ1n) is 11.8. The van der Waals surface area contributed by atoms with Crippen LogP contribution in [0.4, 0.5) is 22.7 Å². The van der Waals surface area contributed by atoms with Crippen LogP contribution in [0.3, 0.4) is 0 Å². The van der Waals surface area contributed by atoms with E-state index in [1.54, 1.807) is 35.4 Å². The lowest BCUT2D eigenvalue weighted by atomic mass is 10.2. The fourth-order valence-electron chi connectivity index (χ4n) is 4.26. The number of hydrogen-bond acceptors (Lipinski definition) is 7. The van der Waals surface area contributed by atoms with E-state index in [9.17, 15) is 13.2 Å². The molecule has 3 aromatic carbocycles. The molecule has 1 aromatic heterocycles. The van der Waals surface area contributed by atoms with Crippen LogP contribution >= 0.6 is 12.4 Å². The molecule has 0 saturated carbocycles. The van der Waals surface area contributed by atoms with Crippen LogP contribution in [0.1, 0.15) is 0 Å². The molecule has 1 aliphatic heterocycles. The Morgan fingerprint density at radius 1 is 0.947 bits per heavy atom. The molecule has 6 N–H and O–H groups in total. The fourth-order valence-corrected chi connectivity index (χ4v) is 5.32. The number of ether oxygens (including phenoxy) is 1. The minimum Gasteiger partial charge on any atom is -0.484 e. The summed E-state index contributed by atoms with van der Waals surface area (Å²) in [7, 11) is -3.70. The quantitative estimate of drug-likeness (QED) is 0.255. The van der Waals surface area contributed by atoms with Crippen molar-refractivity contribution in [1.82, 2.24) is 9.88 Å². The number of rotatable bonds is 7. The molecular formula is C26H29ClN6O4S. The van der Waals surface area contributed by atoms with Gasteiger partial charge in [0.05, 0.1) is 10.6 Å². The lowest BCUT2D eigenvalue weighted by Gasteiger charge is -2.36. The van der Waals surface area contributed by atoms with Gasteiger partial charge >= 0.3 is 0 Å². The van der Waals surface area contributed by atoms with E-state index in [1.807, 2.05) is 30.3 Å². The summed E-state index contributed by atoms with van der Waals surface area (Å²) in [6, 6.07) is 18.7. The number of nitrogen functional groups attached to an aromatic ring is 2. The van der Waals surface area contributed by atoms with Crippen LogP contribution in [0.2, 0.25) is 0 Å². The van der Waals surface area contributed by atoms with Crippen molar-refractivity contribution < 1.29 is 17.9 Å². The highest BCUT2D eigenvalue weighted by Gasteiger charge is 2.22. The van der Waals surface area contributed by atoms with Crippen molar-refractivity contribution >= 4 is 62.0 Å². The zero-order chi connectivity index (χ0) is 26.0. The van der Waals surface area contributed by atoms with Crippen LogP contribution in [-0.2, 0) is 14.8 Å². The summed E-state index contributed by atoms with van der Waals surface area (Å²) in [5.41, 5.74) is 15.0. The average Bonchev–Trinajstić information content (AvgIpc) is 3.28. The number of nitrogens with zero attached hydrogens (tertiary/aromatic N) is 2. The Morgan fingerprint density at radius 3 is 2.32 bits per heavy atom. The number of sulfonamides is 1. The molecule has 5 rings (SSSR count). The van der Waals surface area contributed by atoms with Crippen molar-refractivity contribution in [3.63, 3.8) is 0 Å². The zero-order valence-corrected chi connectivity index (χ0v) is 22.1. The SMILES string of the molecule is Cl.Nc1ccc(S(=O)(=O)Nc2ccc(N3CCN(C(=O)COc4ccc5[nH]cc(N)c5c4)CC3)cc2)cc1. The molecule has 0 bridgehead atoms. The lowest BCUT2D eigenvalue weighted by Crippen LogP contribution is -2.50. The van der Waals surface area contributed by atoms with E-state index >= 15 is 0 Å². The van der Waals surface area contributed by atoms with Gasteiger partial charge in [-0.25, -0.2) is 8.42 Å². The predicted molar refractivity (Wildman–Crippen MR) is 152 cm³/mol. The van der Waals surface area contributed by atoms with Crippen LogP contribution in [0.5, 0.6) is 5.75 Å². The summed E-state index contributed by atoms with van der Waals surface area (Å²) >= 11 is 0. The van der Waals surface area contributed by atoms with E-state index in [0.29, 0.717) is 49.0 Å². The predicted octanol–water partition coefficient (Wildman–Crippen LogP) is 3.28. The van der Waals surface area contributed by atoms with Crippen molar-refractivity contribution in [2.24, 2.45) is 0 Å². The van der Waals surface area contributed by atoms with Gasteiger partial charge in [-0.15, -0.1) is 12.4 Å². The highest BCUT2D eigenvalue weighted by molar-refractivity contribution is 7.92. The Morgan fingerprint density at radius 2 is 1.63 bits per heavy atom. The minimum absolute atomic E-state index is 0. The highest BCUT2D eigenvalue weighted by atomic mass is 35.5. The smallest absolute Gasteiger partial charge is 0.261 e. The van der Waals surface area contributed by atoms with E-state index in [4.69, 9.17) is 16.2 Å². The molecule has 0 spiro atoms. The monoisotopic (exact) mass is 556 g/mol. The van der Waals surface area contributed by atoms with Gasteiger partial charge in [0, 0.05) is 60.3 Å². The number of benzene rings is 3. The van der Waals surface area contributed by atoms with E-state index in [2.05, 4.69) is 14.6 Å². The molecular weight excluding hydrogens is 528 g/mol. The first-order valence-corrected chi connectivity index (χ1v) is 13.3. The van der Waals surface area contributed by atoms with Crippen LogP contribution in [0.15, 0.2) is 77.8 Å². The molecule has 0 aliphatic carbocycles. The van der Waals surface area contributed by atoms with E-state index in [-0.39, 0.29) is 29.8 Å². The molecule has 12 heteroatoms. The molecule has 10 nitrogen and oxygen atoms in total. The Labute approximate surface area is 227 Å². The maximum atomic E-state index is 12.7. The summed E-state index contributed by atoms with van der Waals surface area (Å²) in [4.78, 5) is 19.9. The first-order chi connectivity index (χ1) is 17.8. The molecule has 1 fully saturated rings. The second-order valence-electron chi connectivity index (χ2n) is 8.83. The molecule has 2 heterocycles. The average molecular weight is 557 g/mol. The summed E-state index contributed by atoms with van der Waals surface area (Å²) in [6.07, 6.45) is 1.73. The topological polar surface area (TPSA) is 147 Å². The van der Waals surface area contributed by atoms with Crippen LogP contribution < -0.4 is 25.8 Å². The second-order valence-corrected chi connectivity index (χ2v) is 10.5. The number of nitrogens with one attached hydrogen (secondary N) is 2. The van der Waals surface area contributed by atoms with Gasteiger partial charge in [0.15, 0.2) is 6.61 Å². The molecule has 1 saturated heterocycles. The largest absolute Gasteiger partial charge is 0.484 e. The minimum atomic E-state index is -3.70. The molecule has 1 aliphatic rings. The molecule has 38 heavy (non-hydrogen) atoms. The number of amides is 1. The Bertz CT molecular complexity index is 1520. The van der Waals surface area contributed by atoms with Crippen molar-refractivity contribution in [2.45, 2.75) is 4.90 Å². The fraction of sp³-hybridized carbons (Fsp3) is 0.192. The molecule has 0 radical (unpaired) electrons. The van der Waals surface area contributed by atoms with Gasteiger partial charge in [0.25, 0.3) is 15.9 Å². The van der Waals surface area contributed by atoms with Gasteiger partial charge in [-0.2, -0.15) is 0 Å². The van der Waals surface area contributed by atoms with Gasteiger partial charge in [0.1, 0.15) is 5.75 Å². The van der Waals surface area contributed by atoms with E-state index in [1.165, 1.54) is 12.1 Å². The number of aromatic amines is 1. The van der Waals surface area contributed by atoms with Crippen molar-refractivity contribution in [1.29, 1.82) is 0 Å². The molecule has 1 amide bonds. The van der Waals surface area contributed by atoms with Crippen LogP contribution in [0, 0.1) is 0 Å². The summed E-state index contributed by atoms with van der Waals surface area (Å²) in [6.45, 7) is 2.41. The number of carbonyl (C=O) groups is 1. The third kappa shape index (κ3) is 5.90. The highest BCUT2D eigenvalue weighted by Crippen LogP contribution is 2.25. The van der Waals surface area contributed by atoms with Gasteiger partial charge in [-0.05, 0) is 66.7 Å². The zero-order valence-electron chi connectivity index (χ0n) is 20.5. The van der Waals surface area contributed by atoms with Crippen molar-refractivity contribution in [3.8, 4) is 5.75 Å². The number of carbonyl (C=O) groups excluding carboxylic acids is 1. The second kappa shape index (κ2) is 11.1. The number of aromatic nitrogens is 1. The normalized spacial score (nSPS) is 13.7. The van der Waals surface area contributed by atoms with Crippen molar-refractivity contribution in [3.05, 3.63) is 72.9 Å². The molecule has 0 atom stereocenters. The Hall–Kier alpha value is -4.09. The number of anilines is 4. The van der Waals surface area contributed by atoms with Crippen LogP contribution in [-0.4, -0.2) is 57.0 Å². The molecule has 0 unspecified atom stereocenters. The summed E-state index contributed by atoms with van der Waals surface area (Å²) in [5, 5.41) is 0.864. The van der Waals surface area contributed by atoms with E-state index in [0.717, 1.165) is 16.6 Å². The summed E-state index contributed by atoms with van der Waals surface area (Å²) < 4.78 is 33.5. The number of piperazine rings is 1. The Balaban J connectivity index is 0.00000336. The van der Waals surface area contributed by atoms with Gasteiger partial charge in [0.2, 0.25) is 0 Å². The number of nitrogens with two attached hydrogens (primary N) is 2. The molecule has 4 aromatic rings. The van der Waals surface area contributed by atoms with Gasteiger partial charge in [-0.1, -0.05) is 0 Å². The maximum absolute atomic E-state index is 12.7. The molecule has 200 valence electrons. The maximum Gasteiger partial charge on any atom is 0.261 e. The standard InChI is InChI=1S/C26H28N6O4S.ClH/c27-18-1-8-22(9-2-18)37(34,35)30-19-3-5-20(6-4-19)31-11-13-32(14-12-31)26(33)17-36-21-7-10-25-23(15-21)24(28)16-29-25;/h1-10,15-16,29-30H,11-14,17,27-28H2;1H. The van der Waals surface area contributed by atoms with E-state index < -0.39 is 10.0 Å². The third-order valence-electron chi connectivity index (χ3n) is 6.35. The first kappa shape index (κ1) is 27.0. The summed E-state index contributed by atoms with van der Waals surface area (Å²) in [5.74, 6) is 0.520. The number of hydrogen-bond donors (Lipinski definition) is 4. The number of H-pyrrole nitrogens is 1. The lowest BCUT2D eigenvalue weighted by molar-refractivity contribution is -0.133. The third-order valence-corrected chi connectivity index (χ3v) is 7.75. The number of fused-ring (bicyclic) bond motifs is 1. The van der Waals surface area contributed by atoms with Gasteiger partial charge < -0.3 is 31.0 Å². The Kier molecular flexibility index (Phi) is 7.88. The number of halogens is 1.